The summed E-state index contributed by atoms with van der Waals surface area (Å²) in [5.74, 6) is 1.11. The SMILES string of the molecule is CCC1CN(c2ncc(CBr)cc2C)CCO1. The zero-order chi connectivity index (χ0) is 12.3. The number of hydrogen-bond donors (Lipinski definition) is 0. The van der Waals surface area contributed by atoms with Crippen molar-refractivity contribution in [2.24, 2.45) is 0 Å². The maximum absolute atomic E-state index is 5.69. The van der Waals surface area contributed by atoms with Crippen LogP contribution >= 0.6 is 15.9 Å². The van der Waals surface area contributed by atoms with Gasteiger partial charge in [0.05, 0.1) is 12.7 Å². The number of aryl methyl sites for hydroxylation is 1. The number of nitrogens with zero attached hydrogens (tertiary/aromatic N) is 2. The number of aromatic nitrogens is 1. The minimum absolute atomic E-state index is 0.348. The summed E-state index contributed by atoms with van der Waals surface area (Å²) in [6.07, 6.45) is 3.36. The molecule has 0 saturated carbocycles. The Morgan fingerprint density at radius 2 is 2.41 bits per heavy atom. The van der Waals surface area contributed by atoms with E-state index in [4.69, 9.17) is 4.74 Å². The molecule has 1 aliphatic rings. The van der Waals surface area contributed by atoms with Gasteiger partial charge in [0.1, 0.15) is 5.82 Å². The Hall–Kier alpha value is -0.610. The van der Waals surface area contributed by atoms with Crippen molar-refractivity contribution in [3.63, 3.8) is 0 Å². The summed E-state index contributed by atoms with van der Waals surface area (Å²) in [7, 11) is 0. The minimum Gasteiger partial charge on any atom is -0.375 e. The Balaban J connectivity index is 2.16. The number of rotatable bonds is 3. The first-order valence-corrected chi connectivity index (χ1v) is 7.24. The lowest BCUT2D eigenvalue weighted by molar-refractivity contribution is 0.0381. The molecule has 0 aliphatic carbocycles. The highest BCUT2D eigenvalue weighted by Crippen LogP contribution is 2.22. The van der Waals surface area contributed by atoms with E-state index in [-0.39, 0.29) is 0 Å². The van der Waals surface area contributed by atoms with Crippen molar-refractivity contribution in [2.75, 3.05) is 24.6 Å². The normalized spacial score (nSPS) is 20.6. The fourth-order valence-corrected chi connectivity index (χ4v) is 2.50. The van der Waals surface area contributed by atoms with Gasteiger partial charge in [-0.25, -0.2) is 4.98 Å². The molecular formula is C13H19BrN2O. The summed E-state index contributed by atoms with van der Waals surface area (Å²) in [4.78, 5) is 6.92. The van der Waals surface area contributed by atoms with Gasteiger partial charge in [-0.05, 0) is 24.5 Å². The lowest BCUT2D eigenvalue weighted by Gasteiger charge is -2.34. The van der Waals surface area contributed by atoms with Crippen LogP contribution in [0.25, 0.3) is 0 Å². The van der Waals surface area contributed by atoms with Crippen LogP contribution in [0.5, 0.6) is 0 Å². The standard InChI is InChI=1S/C13H19BrN2O/c1-3-12-9-16(4-5-17-12)13-10(2)6-11(7-14)8-15-13/h6,8,12H,3-5,7,9H2,1-2H3. The smallest absolute Gasteiger partial charge is 0.131 e. The van der Waals surface area contributed by atoms with Crippen LogP contribution in [0, 0.1) is 6.92 Å². The molecule has 1 aromatic heterocycles. The van der Waals surface area contributed by atoms with E-state index in [1.165, 1.54) is 11.1 Å². The van der Waals surface area contributed by atoms with Crippen LogP contribution in [0.2, 0.25) is 0 Å². The van der Waals surface area contributed by atoms with Crippen LogP contribution < -0.4 is 4.90 Å². The molecule has 1 unspecified atom stereocenters. The Bertz CT molecular complexity index is 384. The predicted octanol–water partition coefficient (Wildman–Crippen LogP) is 2.90. The van der Waals surface area contributed by atoms with E-state index < -0.39 is 0 Å². The molecule has 94 valence electrons. The molecule has 17 heavy (non-hydrogen) atoms. The third-order valence-corrected chi connectivity index (χ3v) is 3.80. The Kier molecular flexibility index (Phi) is 4.40. The predicted molar refractivity (Wildman–Crippen MR) is 73.8 cm³/mol. The molecule has 0 aromatic carbocycles. The van der Waals surface area contributed by atoms with Crippen molar-refractivity contribution >= 4 is 21.7 Å². The molecule has 0 radical (unpaired) electrons. The second-order valence-corrected chi connectivity index (χ2v) is 5.03. The molecule has 3 nitrogen and oxygen atoms in total. The molecule has 2 rings (SSSR count). The van der Waals surface area contributed by atoms with E-state index in [2.05, 4.69) is 45.7 Å². The molecule has 0 spiro atoms. The van der Waals surface area contributed by atoms with Crippen LogP contribution in [0.15, 0.2) is 12.3 Å². The van der Waals surface area contributed by atoms with Gasteiger partial charge in [-0.2, -0.15) is 0 Å². The van der Waals surface area contributed by atoms with Crippen molar-refractivity contribution in [2.45, 2.75) is 31.7 Å². The number of morpholine rings is 1. The van der Waals surface area contributed by atoms with Crippen molar-refractivity contribution in [3.05, 3.63) is 23.4 Å². The maximum Gasteiger partial charge on any atom is 0.131 e. The number of pyridine rings is 1. The van der Waals surface area contributed by atoms with E-state index in [1.54, 1.807) is 0 Å². The molecule has 1 saturated heterocycles. The summed E-state index contributed by atoms with van der Waals surface area (Å²) < 4.78 is 5.69. The van der Waals surface area contributed by atoms with Gasteiger partial charge in [0.2, 0.25) is 0 Å². The largest absolute Gasteiger partial charge is 0.375 e. The van der Waals surface area contributed by atoms with Gasteiger partial charge in [0.25, 0.3) is 0 Å². The lowest BCUT2D eigenvalue weighted by atomic mass is 10.1. The molecule has 1 aliphatic heterocycles. The van der Waals surface area contributed by atoms with Gasteiger partial charge in [-0.1, -0.05) is 28.9 Å². The van der Waals surface area contributed by atoms with E-state index in [0.717, 1.165) is 37.3 Å². The third-order valence-electron chi connectivity index (χ3n) is 3.16. The van der Waals surface area contributed by atoms with Gasteiger partial charge < -0.3 is 9.64 Å². The van der Waals surface area contributed by atoms with Crippen LogP contribution in [-0.2, 0) is 10.1 Å². The van der Waals surface area contributed by atoms with Gasteiger partial charge in [-0.3, -0.25) is 0 Å². The van der Waals surface area contributed by atoms with Gasteiger partial charge in [-0.15, -0.1) is 0 Å². The highest BCUT2D eigenvalue weighted by atomic mass is 79.9. The van der Waals surface area contributed by atoms with E-state index in [0.29, 0.717) is 6.10 Å². The first kappa shape index (κ1) is 12.8. The second kappa shape index (κ2) is 5.83. The van der Waals surface area contributed by atoms with E-state index in [1.807, 2.05) is 6.20 Å². The minimum atomic E-state index is 0.348. The van der Waals surface area contributed by atoms with Crippen LogP contribution in [0.1, 0.15) is 24.5 Å². The van der Waals surface area contributed by atoms with Crippen LogP contribution in [0.4, 0.5) is 5.82 Å². The van der Waals surface area contributed by atoms with Crippen LogP contribution in [0.3, 0.4) is 0 Å². The van der Waals surface area contributed by atoms with E-state index in [9.17, 15) is 0 Å². The van der Waals surface area contributed by atoms with Gasteiger partial charge in [0.15, 0.2) is 0 Å². The zero-order valence-corrected chi connectivity index (χ0v) is 12.0. The molecule has 4 heteroatoms. The summed E-state index contributed by atoms with van der Waals surface area (Å²) in [6, 6.07) is 2.20. The fourth-order valence-electron chi connectivity index (χ4n) is 2.19. The first-order chi connectivity index (χ1) is 8.24. The maximum atomic E-state index is 5.69. The lowest BCUT2D eigenvalue weighted by Crippen LogP contribution is -2.42. The zero-order valence-electron chi connectivity index (χ0n) is 10.4. The molecular weight excluding hydrogens is 280 g/mol. The van der Waals surface area contributed by atoms with E-state index >= 15 is 0 Å². The van der Waals surface area contributed by atoms with Crippen molar-refractivity contribution in [3.8, 4) is 0 Å². The molecule has 0 N–H and O–H groups in total. The summed E-state index contributed by atoms with van der Waals surface area (Å²) >= 11 is 3.46. The molecule has 1 aromatic rings. The second-order valence-electron chi connectivity index (χ2n) is 4.46. The van der Waals surface area contributed by atoms with Crippen molar-refractivity contribution in [1.29, 1.82) is 0 Å². The molecule has 1 atom stereocenters. The number of alkyl halides is 1. The van der Waals surface area contributed by atoms with Gasteiger partial charge >= 0.3 is 0 Å². The van der Waals surface area contributed by atoms with Crippen molar-refractivity contribution < 1.29 is 4.74 Å². The first-order valence-electron chi connectivity index (χ1n) is 6.12. The fraction of sp³-hybridized carbons (Fsp3) is 0.615. The summed E-state index contributed by atoms with van der Waals surface area (Å²) in [6.45, 7) is 7.00. The van der Waals surface area contributed by atoms with Gasteiger partial charge in [0, 0.05) is 24.6 Å². The summed E-state index contributed by atoms with van der Waals surface area (Å²) in [5.41, 5.74) is 2.48. The monoisotopic (exact) mass is 298 g/mol. The molecule has 0 bridgehead atoms. The topological polar surface area (TPSA) is 25.4 Å². The Morgan fingerprint density at radius 3 is 3.06 bits per heavy atom. The Morgan fingerprint density at radius 1 is 1.59 bits per heavy atom. The number of halogens is 1. The average Bonchev–Trinajstić information content (AvgIpc) is 2.38. The number of ether oxygens (including phenoxy) is 1. The quantitative estimate of drug-likeness (QED) is 0.803. The molecule has 0 amide bonds. The van der Waals surface area contributed by atoms with Crippen molar-refractivity contribution in [1.82, 2.24) is 4.98 Å². The molecule has 2 heterocycles. The average molecular weight is 299 g/mol. The third kappa shape index (κ3) is 2.99. The number of anilines is 1. The highest BCUT2D eigenvalue weighted by Gasteiger charge is 2.21. The summed E-state index contributed by atoms with van der Waals surface area (Å²) in [5, 5.41) is 0.863. The van der Waals surface area contributed by atoms with Crippen LogP contribution in [-0.4, -0.2) is 30.8 Å². The highest BCUT2D eigenvalue weighted by molar-refractivity contribution is 9.08. The Labute approximate surface area is 111 Å². The number of hydrogen-bond acceptors (Lipinski definition) is 3. The molecule has 1 fully saturated rings.